The summed E-state index contributed by atoms with van der Waals surface area (Å²) in [5.74, 6) is -0.865. The molecule has 0 radical (unpaired) electrons. The standard InChI is InChI=1S/C16H14F3N3O2S/c1-8-9-5-4-6-11(12(9)14(23)22(8)2)24-13-10(16(17,18)19)7-20-15(21-13)25-3/h4-8H,1-3H3. The number of aromatic nitrogens is 2. The maximum atomic E-state index is 13.2. The van der Waals surface area contributed by atoms with E-state index in [1.165, 1.54) is 11.0 Å². The lowest BCUT2D eigenvalue weighted by molar-refractivity contribution is -0.139. The molecule has 0 saturated carbocycles. The molecule has 3 rings (SSSR count). The molecule has 25 heavy (non-hydrogen) atoms. The third-order valence-electron chi connectivity index (χ3n) is 4.05. The lowest BCUT2D eigenvalue weighted by Crippen LogP contribution is -2.21. The second kappa shape index (κ2) is 6.21. The van der Waals surface area contributed by atoms with Gasteiger partial charge in [0.1, 0.15) is 11.3 Å². The van der Waals surface area contributed by atoms with Gasteiger partial charge in [0, 0.05) is 13.2 Å². The van der Waals surface area contributed by atoms with Gasteiger partial charge < -0.3 is 9.64 Å². The van der Waals surface area contributed by atoms with Gasteiger partial charge in [0.25, 0.3) is 5.91 Å². The van der Waals surface area contributed by atoms with Crippen molar-refractivity contribution in [2.24, 2.45) is 0 Å². The van der Waals surface area contributed by atoms with Gasteiger partial charge in [-0.05, 0) is 24.8 Å². The summed E-state index contributed by atoms with van der Waals surface area (Å²) in [5, 5.41) is 0.146. The van der Waals surface area contributed by atoms with E-state index in [1.54, 1.807) is 25.4 Å². The molecule has 0 aliphatic carbocycles. The SMILES string of the molecule is CSc1ncc(C(F)(F)F)c(Oc2cccc3c2C(=O)N(C)C3C)n1. The van der Waals surface area contributed by atoms with E-state index < -0.39 is 17.6 Å². The number of hydrogen-bond acceptors (Lipinski definition) is 5. The summed E-state index contributed by atoms with van der Waals surface area (Å²) in [6.45, 7) is 1.84. The van der Waals surface area contributed by atoms with Crippen LogP contribution in [0.1, 0.15) is 34.5 Å². The van der Waals surface area contributed by atoms with Crippen LogP contribution in [0.3, 0.4) is 0 Å². The van der Waals surface area contributed by atoms with E-state index in [2.05, 4.69) is 9.97 Å². The van der Waals surface area contributed by atoms with E-state index in [0.29, 0.717) is 11.8 Å². The monoisotopic (exact) mass is 369 g/mol. The van der Waals surface area contributed by atoms with E-state index >= 15 is 0 Å². The number of carbonyl (C=O) groups is 1. The normalized spacial score (nSPS) is 17.0. The average Bonchev–Trinajstić information content (AvgIpc) is 2.79. The molecule has 2 heterocycles. The number of amides is 1. The Morgan fingerprint density at radius 2 is 2.04 bits per heavy atom. The van der Waals surface area contributed by atoms with Gasteiger partial charge in [0.15, 0.2) is 5.16 Å². The highest BCUT2D eigenvalue weighted by molar-refractivity contribution is 7.98. The Morgan fingerprint density at radius 1 is 1.32 bits per heavy atom. The fourth-order valence-electron chi connectivity index (χ4n) is 2.60. The molecule has 0 N–H and O–H groups in total. The number of rotatable bonds is 3. The first-order valence-electron chi connectivity index (χ1n) is 7.30. The Hall–Kier alpha value is -2.29. The van der Waals surface area contributed by atoms with Gasteiger partial charge in [-0.25, -0.2) is 4.98 Å². The van der Waals surface area contributed by atoms with Crippen LogP contribution in [0.25, 0.3) is 0 Å². The Bertz CT molecular complexity index is 842. The molecule has 1 atom stereocenters. The van der Waals surface area contributed by atoms with Crippen LogP contribution in [0, 0.1) is 0 Å². The van der Waals surface area contributed by atoms with Gasteiger partial charge in [0.05, 0.1) is 11.6 Å². The Balaban J connectivity index is 2.10. The van der Waals surface area contributed by atoms with E-state index in [0.717, 1.165) is 11.8 Å². The van der Waals surface area contributed by atoms with Crippen molar-refractivity contribution in [3.05, 3.63) is 41.1 Å². The van der Waals surface area contributed by atoms with Gasteiger partial charge in [-0.1, -0.05) is 23.9 Å². The fraction of sp³-hybridized carbons (Fsp3) is 0.312. The highest BCUT2D eigenvalue weighted by Gasteiger charge is 2.38. The van der Waals surface area contributed by atoms with Crippen LogP contribution < -0.4 is 4.74 Å². The third-order valence-corrected chi connectivity index (χ3v) is 4.61. The molecular formula is C16H14F3N3O2S. The molecule has 2 aromatic rings. The summed E-state index contributed by atoms with van der Waals surface area (Å²) in [5.41, 5.74) is -0.123. The van der Waals surface area contributed by atoms with Crippen molar-refractivity contribution >= 4 is 17.7 Å². The van der Waals surface area contributed by atoms with Gasteiger partial charge in [-0.3, -0.25) is 4.79 Å². The first-order valence-corrected chi connectivity index (χ1v) is 8.52. The Morgan fingerprint density at radius 3 is 2.68 bits per heavy atom. The van der Waals surface area contributed by atoms with Crippen molar-refractivity contribution in [1.29, 1.82) is 0 Å². The van der Waals surface area contributed by atoms with Crippen LogP contribution in [-0.2, 0) is 6.18 Å². The maximum absolute atomic E-state index is 13.2. The van der Waals surface area contributed by atoms with Crippen molar-refractivity contribution in [3.63, 3.8) is 0 Å². The summed E-state index contributed by atoms with van der Waals surface area (Å²) in [7, 11) is 1.63. The highest BCUT2D eigenvalue weighted by atomic mass is 32.2. The maximum Gasteiger partial charge on any atom is 0.423 e. The molecule has 9 heteroatoms. The smallest absolute Gasteiger partial charge is 0.423 e. The van der Waals surface area contributed by atoms with Crippen molar-refractivity contribution in [3.8, 4) is 11.6 Å². The molecule has 0 spiro atoms. The van der Waals surface area contributed by atoms with E-state index in [-0.39, 0.29) is 28.4 Å². The largest absolute Gasteiger partial charge is 0.437 e. The van der Waals surface area contributed by atoms with E-state index in [4.69, 9.17) is 4.74 Å². The molecule has 0 bridgehead atoms. The van der Waals surface area contributed by atoms with E-state index in [1.807, 2.05) is 6.92 Å². The zero-order valence-electron chi connectivity index (χ0n) is 13.6. The lowest BCUT2D eigenvalue weighted by Gasteiger charge is -2.14. The number of fused-ring (bicyclic) bond motifs is 1. The third kappa shape index (κ3) is 3.04. The van der Waals surface area contributed by atoms with Crippen LogP contribution in [-0.4, -0.2) is 34.1 Å². The molecule has 1 aromatic carbocycles. The molecular weight excluding hydrogens is 355 g/mol. The summed E-state index contributed by atoms with van der Waals surface area (Å²) in [4.78, 5) is 21.4. The minimum atomic E-state index is -4.67. The second-order valence-corrected chi connectivity index (χ2v) is 6.26. The summed E-state index contributed by atoms with van der Waals surface area (Å²) in [6, 6.07) is 4.68. The highest BCUT2D eigenvalue weighted by Crippen LogP contribution is 2.41. The zero-order valence-corrected chi connectivity index (χ0v) is 14.4. The number of thioether (sulfide) groups is 1. The first-order chi connectivity index (χ1) is 11.7. The van der Waals surface area contributed by atoms with Gasteiger partial charge >= 0.3 is 6.18 Å². The number of ether oxygens (including phenoxy) is 1. The molecule has 1 unspecified atom stereocenters. The summed E-state index contributed by atoms with van der Waals surface area (Å²) in [6.07, 6.45) is -2.33. The van der Waals surface area contributed by atoms with Crippen molar-refractivity contribution in [2.45, 2.75) is 24.3 Å². The van der Waals surface area contributed by atoms with Crippen LogP contribution in [0.5, 0.6) is 11.6 Å². The van der Waals surface area contributed by atoms with Crippen molar-refractivity contribution < 1.29 is 22.7 Å². The minimum Gasteiger partial charge on any atom is -0.437 e. The number of benzene rings is 1. The van der Waals surface area contributed by atoms with Crippen molar-refractivity contribution in [2.75, 3.05) is 13.3 Å². The van der Waals surface area contributed by atoms with Crippen LogP contribution in [0.15, 0.2) is 29.6 Å². The van der Waals surface area contributed by atoms with Crippen molar-refractivity contribution in [1.82, 2.24) is 14.9 Å². The van der Waals surface area contributed by atoms with Gasteiger partial charge in [-0.15, -0.1) is 0 Å². The van der Waals surface area contributed by atoms with Gasteiger partial charge in [-0.2, -0.15) is 18.2 Å². The van der Waals surface area contributed by atoms with Crippen LogP contribution >= 0.6 is 11.8 Å². The molecule has 5 nitrogen and oxygen atoms in total. The average molecular weight is 369 g/mol. The molecule has 1 amide bonds. The number of hydrogen-bond donors (Lipinski definition) is 0. The summed E-state index contributed by atoms with van der Waals surface area (Å²) >= 11 is 1.09. The quantitative estimate of drug-likeness (QED) is 0.601. The predicted molar refractivity (Wildman–Crippen MR) is 85.8 cm³/mol. The first kappa shape index (κ1) is 17.5. The topological polar surface area (TPSA) is 55.3 Å². The van der Waals surface area contributed by atoms with Crippen LogP contribution in [0.2, 0.25) is 0 Å². The number of nitrogens with zero attached hydrogens (tertiary/aromatic N) is 3. The number of halogens is 3. The number of carbonyl (C=O) groups excluding carboxylic acids is 1. The minimum absolute atomic E-state index is 0.0509. The van der Waals surface area contributed by atoms with Gasteiger partial charge in [0.2, 0.25) is 5.88 Å². The van der Waals surface area contributed by atoms with Crippen LogP contribution in [0.4, 0.5) is 13.2 Å². The number of alkyl halides is 3. The predicted octanol–water partition coefficient (Wildman–Crippen LogP) is 4.16. The molecule has 1 aliphatic heterocycles. The Kier molecular flexibility index (Phi) is 4.36. The molecule has 132 valence electrons. The van der Waals surface area contributed by atoms with E-state index in [9.17, 15) is 18.0 Å². The fourth-order valence-corrected chi connectivity index (χ4v) is 2.93. The molecule has 0 fully saturated rings. The zero-order chi connectivity index (χ0) is 18.4. The Labute approximate surface area is 146 Å². The lowest BCUT2D eigenvalue weighted by atomic mass is 10.1. The molecule has 0 saturated heterocycles. The summed E-state index contributed by atoms with van der Waals surface area (Å²) < 4.78 is 45.1. The second-order valence-electron chi connectivity index (χ2n) is 5.49. The molecule has 1 aromatic heterocycles. The molecule has 1 aliphatic rings.